The van der Waals surface area contributed by atoms with Crippen LogP contribution >= 0.6 is 0 Å². The summed E-state index contributed by atoms with van der Waals surface area (Å²) in [6.07, 6.45) is 6.27. The molecule has 0 aromatic heterocycles. The lowest BCUT2D eigenvalue weighted by molar-refractivity contribution is -0.132. The smallest absolute Gasteiger partial charge is 0.343 e. The maximum absolute atomic E-state index is 11.7. The quantitative estimate of drug-likeness (QED) is 0.568. The third-order valence-electron chi connectivity index (χ3n) is 2.33. The number of hydrogen-bond acceptors (Lipinski definition) is 2. The summed E-state index contributed by atoms with van der Waals surface area (Å²) in [5.74, 6) is 0.281. The van der Waals surface area contributed by atoms with Gasteiger partial charge in [-0.25, -0.2) is 4.79 Å². The van der Waals surface area contributed by atoms with E-state index in [9.17, 15) is 4.79 Å². The highest BCUT2D eigenvalue weighted by atomic mass is 16.5. The highest BCUT2D eigenvalue weighted by Crippen LogP contribution is 2.18. The number of ether oxygens (including phenoxy) is 1. The summed E-state index contributed by atoms with van der Waals surface area (Å²) in [6, 6.07) is 9.30. The molecular formula is C14H12O2. The molecule has 1 aliphatic rings. The summed E-state index contributed by atoms with van der Waals surface area (Å²) in [6.45, 7) is 3.74. The second kappa shape index (κ2) is 4.62. The normalized spacial score (nSPS) is 13.4. The SMILES string of the molecule is C=C(C(=O)OC1=CC=CC1)c1ccccc1. The van der Waals surface area contributed by atoms with Crippen molar-refractivity contribution >= 4 is 11.5 Å². The Balaban J connectivity index is 2.03. The average Bonchev–Trinajstić information content (AvgIpc) is 2.82. The van der Waals surface area contributed by atoms with Gasteiger partial charge in [0.2, 0.25) is 0 Å². The Kier molecular flexibility index (Phi) is 3.01. The van der Waals surface area contributed by atoms with Crippen molar-refractivity contribution in [3.8, 4) is 0 Å². The standard InChI is InChI=1S/C14H12O2/c1-11(12-7-3-2-4-8-12)14(15)16-13-9-5-6-10-13/h2-9H,1,10H2. The Morgan fingerprint density at radius 1 is 1.25 bits per heavy atom. The van der Waals surface area contributed by atoms with Crippen molar-refractivity contribution < 1.29 is 9.53 Å². The lowest BCUT2D eigenvalue weighted by Crippen LogP contribution is -2.05. The summed E-state index contributed by atoms with van der Waals surface area (Å²) in [7, 11) is 0. The monoisotopic (exact) mass is 212 g/mol. The van der Waals surface area contributed by atoms with Crippen LogP contribution in [0.2, 0.25) is 0 Å². The molecule has 80 valence electrons. The number of benzene rings is 1. The first-order valence-electron chi connectivity index (χ1n) is 5.09. The molecule has 0 radical (unpaired) electrons. The van der Waals surface area contributed by atoms with Gasteiger partial charge in [0.05, 0.1) is 5.57 Å². The molecule has 0 saturated carbocycles. The van der Waals surface area contributed by atoms with Crippen LogP contribution in [0.15, 0.2) is 60.9 Å². The third kappa shape index (κ3) is 2.28. The van der Waals surface area contributed by atoms with Crippen molar-refractivity contribution in [2.24, 2.45) is 0 Å². The zero-order chi connectivity index (χ0) is 11.4. The van der Waals surface area contributed by atoms with Crippen molar-refractivity contribution in [3.63, 3.8) is 0 Å². The first-order valence-corrected chi connectivity index (χ1v) is 5.09. The Morgan fingerprint density at radius 2 is 2.00 bits per heavy atom. The van der Waals surface area contributed by atoms with Gasteiger partial charge in [-0.1, -0.05) is 49.1 Å². The van der Waals surface area contributed by atoms with Gasteiger partial charge in [0, 0.05) is 6.42 Å². The molecule has 0 saturated heterocycles. The number of carbonyl (C=O) groups excluding carboxylic acids is 1. The Bertz CT molecular complexity index is 467. The molecule has 0 fully saturated rings. The van der Waals surface area contributed by atoms with Gasteiger partial charge >= 0.3 is 5.97 Å². The number of rotatable bonds is 3. The molecule has 16 heavy (non-hydrogen) atoms. The molecule has 0 amide bonds. The van der Waals surface area contributed by atoms with E-state index in [1.165, 1.54) is 0 Å². The number of carbonyl (C=O) groups is 1. The molecule has 0 bridgehead atoms. The summed E-state index contributed by atoms with van der Waals surface area (Å²) in [5.41, 5.74) is 1.17. The van der Waals surface area contributed by atoms with Gasteiger partial charge in [-0.15, -0.1) is 0 Å². The maximum atomic E-state index is 11.7. The Hall–Kier alpha value is -2.09. The van der Waals surface area contributed by atoms with Crippen LogP contribution in [-0.2, 0) is 9.53 Å². The van der Waals surface area contributed by atoms with Crippen LogP contribution in [0.4, 0.5) is 0 Å². The highest BCUT2D eigenvalue weighted by molar-refractivity contribution is 6.15. The molecule has 1 aromatic rings. The van der Waals surface area contributed by atoms with Crippen molar-refractivity contribution in [2.45, 2.75) is 6.42 Å². The van der Waals surface area contributed by atoms with E-state index in [-0.39, 0.29) is 5.97 Å². The fourth-order valence-corrected chi connectivity index (χ4v) is 1.44. The summed E-state index contributed by atoms with van der Waals surface area (Å²) in [5, 5.41) is 0. The van der Waals surface area contributed by atoms with Gasteiger partial charge in [0.1, 0.15) is 5.76 Å². The van der Waals surface area contributed by atoms with E-state index in [0.717, 1.165) is 5.56 Å². The van der Waals surface area contributed by atoms with Crippen LogP contribution in [-0.4, -0.2) is 5.97 Å². The number of hydrogen-bond donors (Lipinski definition) is 0. The Labute approximate surface area is 94.6 Å². The molecule has 0 heterocycles. The predicted octanol–water partition coefficient (Wildman–Crippen LogP) is 3.09. The second-order valence-corrected chi connectivity index (χ2v) is 3.50. The number of esters is 1. The summed E-state index contributed by atoms with van der Waals surface area (Å²) < 4.78 is 5.19. The van der Waals surface area contributed by atoms with Crippen LogP contribution in [0.3, 0.4) is 0 Å². The van der Waals surface area contributed by atoms with Crippen molar-refractivity contribution in [3.05, 3.63) is 66.5 Å². The van der Waals surface area contributed by atoms with Crippen LogP contribution in [0, 0.1) is 0 Å². The van der Waals surface area contributed by atoms with E-state index in [0.29, 0.717) is 17.8 Å². The highest BCUT2D eigenvalue weighted by Gasteiger charge is 2.13. The number of allylic oxidation sites excluding steroid dienone is 3. The van der Waals surface area contributed by atoms with E-state index in [4.69, 9.17) is 4.74 Å². The van der Waals surface area contributed by atoms with Crippen LogP contribution < -0.4 is 0 Å². The molecule has 0 aliphatic heterocycles. The molecule has 0 N–H and O–H groups in total. The molecule has 0 atom stereocenters. The summed E-state index contributed by atoms with van der Waals surface area (Å²) >= 11 is 0. The molecule has 1 aliphatic carbocycles. The topological polar surface area (TPSA) is 26.3 Å². The van der Waals surface area contributed by atoms with E-state index in [2.05, 4.69) is 6.58 Å². The molecule has 0 spiro atoms. The minimum atomic E-state index is -0.388. The van der Waals surface area contributed by atoms with E-state index >= 15 is 0 Å². The zero-order valence-corrected chi connectivity index (χ0v) is 8.85. The molecule has 1 aromatic carbocycles. The molecule has 2 heteroatoms. The average molecular weight is 212 g/mol. The van der Waals surface area contributed by atoms with Crippen LogP contribution in [0.25, 0.3) is 5.57 Å². The van der Waals surface area contributed by atoms with Gasteiger partial charge < -0.3 is 4.74 Å². The van der Waals surface area contributed by atoms with Gasteiger partial charge in [0.15, 0.2) is 0 Å². The molecular weight excluding hydrogens is 200 g/mol. The van der Waals surface area contributed by atoms with Gasteiger partial charge in [0.25, 0.3) is 0 Å². The summed E-state index contributed by atoms with van der Waals surface area (Å²) in [4.78, 5) is 11.7. The van der Waals surface area contributed by atoms with Crippen LogP contribution in [0.5, 0.6) is 0 Å². The molecule has 2 nitrogen and oxygen atoms in total. The van der Waals surface area contributed by atoms with Crippen molar-refractivity contribution in [1.29, 1.82) is 0 Å². The second-order valence-electron chi connectivity index (χ2n) is 3.50. The van der Waals surface area contributed by atoms with Crippen LogP contribution in [0.1, 0.15) is 12.0 Å². The van der Waals surface area contributed by atoms with Crippen molar-refractivity contribution in [2.75, 3.05) is 0 Å². The Morgan fingerprint density at radius 3 is 2.62 bits per heavy atom. The van der Waals surface area contributed by atoms with Gasteiger partial charge in [-0.2, -0.15) is 0 Å². The first kappa shape index (κ1) is 10.4. The fourth-order valence-electron chi connectivity index (χ4n) is 1.44. The van der Waals surface area contributed by atoms with Crippen molar-refractivity contribution in [1.82, 2.24) is 0 Å². The lowest BCUT2D eigenvalue weighted by atomic mass is 10.1. The molecule has 0 unspecified atom stereocenters. The lowest BCUT2D eigenvalue weighted by Gasteiger charge is -2.07. The third-order valence-corrected chi connectivity index (χ3v) is 2.33. The van der Waals surface area contributed by atoms with E-state index in [1.54, 1.807) is 6.08 Å². The van der Waals surface area contributed by atoms with E-state index < -0.39 is 0 Å². The maximum Gasteiger partial charge on any atom is 0.343 e. The van der Waals surface area contributed by atoms with Gasteiger partial charge in [-0.3, -0.25) is 0 Å². The molecule has 2 rings (SSSR count). The zero-order valence-electron chi connectivity index (χ0n) is 8.85. The fraction of sp³-hybridized carbons (Fsp3) is 0.0714. The minimum absolute atomic E-state index is 0.383. The van der Waals surface area contributed by atoms with Gasteiger partial charge in [-0.05, 0) is 11.6 Å². The largest absolute Gasteiger partial charge is 0.427 e. The van der Waals surface area contributed by atoms with E-state index in [1.807, 2.05) is 42.5 Å². The minimum Gasteiger partial charge on any atom is -0.427 e. The predicted molar refractivity (Wildman–Crippen MR) is 63.4 cm³/mol. The first-order chi connectivity index (χ1) is 7.77.